The van der Waals surface area contributed by atoms with Crippen molar-refractivity contribution in [2.24, 2.45) is 0 Å². The maximum atomic E-state index is 11.8. The molecule has 4 nitrogen and oxygen atoms in total. The summed E-state index contributed by atoms with van der Waals surface area (Å²) in [4.78, 5) is 9.25. The molecule has 0 radical (unpaired) electrons. The van der Waals surface area contributed by atoms with Crippen LogP contribution in [0.3, 0.4) is 0 Å². The summed E-state index contributed by atoms with van der Waals surface area (Å²) in [5.41, 5.74) is 0. The molecule has 20 heavy (non-hydrogen) atoms. The predicted octanol–water partition coefficient (Wildman–Crippen LogP) is 2.21. The Morgan fingerprint density at radius 1 is 1.25 bits per heavy atom. The highest BCUT2D eigenvalue weighted by atomic mass is 19.4. The van der Waals surface area contributed by atoms with Crippen LogP contribution in [0, 0.1) is 0 Å². The van der Waals surface area contributed by atoms with Crippen molar-refractivity contribution in [3.63, 3.8) is 0 Å². The molecule has 0 spiro atoms. The number of carboxylic acid groups (broad SMARTS) is 1. The van der Waals surface area contributed by atoms with Crippen LogP contribution in [0.25, 0.3) is 0 Å². The van der Waals surface area contributed by atoms with E-state index in [1.807, 2.05) is 0 Å². The van der Waals surface area contributed by atoms with Gasteiger partial charge in [0.2, 0.25) is 0 Å². The van der Waals surface area contributed by atoms with E-state index in [9.17, 15) is 35.6 Å². The van der Waals surface area contributed by atoms with E-state index >= 15 is 0 Å². The van der Waals surface area contributed by atoms with Gasteiger partial charge in [0.05, 0.1) is 19.8 Å². The maximum Gasteiger partial charge on any atom is 0.430 e. The first-order chi connectivity index (χ1) is 8.66. The van der Waals surface area contributed by atoms with Gasteiger partial charge in [-0.2, -0.15) is 13.2 Å². The van der Waals surface area contributed by atoms with Gasteiger partial charge in [-0.25, -0.2) is 18.0 Å². The van der Waals surface area contributed by atoms with Crippen molar-refractivity contribution in [2.45, 2.75) is 12.3 Å². The van der Waals surface area contributed by atoms with Crippen LogP contribution in [0.15, 0.2) is 0 Å². The zero-order valence-corrected chi connectivity index (χ0v) is 9.88. The summed E-state index contributed by atoms with van der Waals surface area (Å²) in [6.45, 7) is -1.94. The number of ether oxygens (including phenoxy) is 1. The third-order valence-corrected chi connectivity index (χ3v) is 1.33. The molecule has 0 heterocycles. The smallest absolute Gasteiger partial charge is 0.430 e. The monoisotopic (exact) mass is 323 g/mol. The average molecular weight is 323 g/mol. The van der Waals surface area contributed by atoms with Crippen LogP contribution in [0.4, 0.5) is 35.5 Å². The highest BCUT2D eigenvalue weighted by Gasteiger charge is 2.45. The number of hydrogen-bond donors (Lipinski definition) is 1. The van der Waals surface area contributed by atoms with E-state index in [1.165, 1.54) is 0 Å². The van der Waals surface area contributed by atoms with E-state index in [2.05, 4.69) is 4.74 Å². The Morgan fingerprint density at radius 2 is 1.75 bits per heavy atom. The van der Waals surface area contributed by atoms with Gasteiger partial charge in [-0.05, 0) is 0 Å². The molecular weight excluding hydrogens is 310 g/mol. The zero-order chi connectivity index (χ0) is 15.5. The summed E-state index contributed by atoms with van der Waals surface area (Å²) in [6, 6.07) is 0. The van der Waals surface area contributed by atoms with Crippen molar-refractivity contribution in [3.8, 4) is 0 Å². The van der Waals surface area contributed by atoms with Crippen molar-refractivity contribution >= 4 is 5.97 Å². The summed E-state index contributed by atoms with van der Waals surface area (Å²) in [5.74, 6) is -2.51. The second-order valence-electron chi connectivity index (χ2n) is 2.85. The van der Waals surface area contributed by atoms with Crippen LogP contribution in [0.5, 0.6) is 0 Å². The summed E-state index contributed by atoms with van der Waals surface area (Å²) < 4.78 is 83.1. The van der Waals surface area contributed by atoms with Crippen LogP contribution >= 0.6 is 0 Å². The number of carbonyl (C=O) groups is 1. The van der Waals surface area contributed by atoms with Gasteiger partial charge in [-0.15, -0.1) is 9.60 Å². The van der Waals surface area contributed by atoms with Gasteiger partial charge in [-0.3, -0.25) is 4.70 Å². The third kappa shape index (κ3) is 14.9. The highest BCUT2D eigenvalue weighted by Crippen LogP contribution is 2.22. The van der Waals surface area contributed by atoms with E-state index in [0.717, 1.165) is 0 Å². The SMILES string of the molecule is F.FCCOCCN(F)CF.O=C(O)C(F)C(F)(F)F. The average Bonchev–Trinajstić information content (AvgIpc) is 2.32. The van der Waals surface area contributed by atoms with Gasteiger partial charge in [-0.1, -0.05) is 0 Å². The van der Waals surface area contributed by atoms with Crippen LogP contribution in [0.1, 0.15) is 0 Å². The van der Waals surface area contributed by atoms with Gasteiger partial charge in [0.15, 0.2) is 6.80 Å². The van der Waals surface area contributed by atoms with E-state index in [0.29, 0.717) is 0 Å². The number of hydrogen-bond acceptors (Lipinski definition) is 3. The van der Waals surface area contributed by atoms with Crippen molar-refractivity contribution in [3.05, 3.63) is 0 Å². The summed E-state index contributed by atoms with van der Waals surface area (Å²) in [5, 5.41) is 7.38. The molecule has 124 valence electrons. The van der Waals surface area contributed by atoms with Gasteiger partial charge >= 0.3 is 12.1 Å². The van der Waals surface area contributed by atoms with Gasteiger partial charge in [0, 0.05) is 0 Å². The first-order valence-electron chi connectivity index (χ1n) is 4.70. The van der Waals surface area contributed by atoms with Crippen LogP contribution in [-0.2, 0) is 9.53 Å². The molecule has 0 aliphatic carbocycles. The fraction of sp³-hybridized carbons (Fsp3) is 0.875. The molecule has 0 aliphatic rings. The molecule has 0 aromatic rings. The number of halogens is 8. The second-order valence-corrected chi connectivity index (χ2v) is 2.85. The number of rotatable bonds is 7. The van der Waals surface area contributed by atoms with Gasteiger partial charge in [0.25, 0.3) is 6.17 Å². The number of nitrogens with zero attached hydrogens (tertiary/aromatic N) is 1. The molecule has 1 N–H and O–H groups in total. The molecule has 0 aromatic carbocycles. The minimum Gasteiger partial charge on any atom is -0.479 e. The highest BCUT2D eigenvalue weighted by molar-refractivity contribution is 5.73. The standard InChI is InChI=1S/C5H10F3NO.C3H2F4O2.FH/c6-1-3-10-4-2-9(8)5-7;4-1(2(8)9)3(5,6)7;/h1-5H2;1H,(H,8,9);1H. The Balaban J connectivity index is -0.000000277. The Labute approximate surface area is 108 Å². The Morgan fingerprint density at radius 3 is 2.00 bits per heavy atom. The lowest BCUT2D eigenvalue weighted by Gasteiger charge is -2.05. The minimum atomic E-state index is -5.29. The van der Waals surface area contributed by atoms with Crippen LogP contribution in [-0.4, -0.2) is 61.8 Å². The van der Waals surface area contributed by atoms with E-state index in [1.54, 1.807) is 0 Å². The van der Waals surface area contributed by atoms with Crippen molar-refractivity contribution in [2.75, 3.05) is 33.2 Å². The zero-order valence-electron chi connectivity index (χ0n) is 9.88. The lowest BCUT2D eigenvalue weighted by molar-refractivity contribution is -0.197. The molecule has 0 bridgehead atoms. The first-order valence-corrected chi connectivity index (χ1v) is 4.70. The Kier molecular flexibility index (Phi) is 15.3. The fourth-order valence-corrected chi connectivity index (χ4v) is 0.520. The third-order valence-electron chi connectivity index (χ3n) is 1.33. The fourth-order valence-electron chi connectivity index (χ4n) is 0.520. The number of aliphatic carboxylic acids is 1. The molecule has 0 saturated heterocycles. The largest absolute Gasteiger partial charge is 0.479 e. The van der Waals surface area contributed by atoms with E-state index < -0.39 is 31.8 Å². The molecule has 0 aromatic heterocycles. The summed E-state index contributed by atoms with van der Waals surface area (Å²) >= 11 is 0. The lowest BCUT2D eigenvalue weighted by Crippen LogP contribution is -2.32. The molecule has 0 aliphatic heterocycles. The molecule has 0 saturated carbocycles. The molecule has 1 atom stereocenters. The van der Waals surface area contributed by atoms with Gasteiger partial charge < -0.3 is 9.84 Å². The molecule has 12 heteroatoms. The van der Waals surface area contributed by atoms with Crippen molar-refractivity contribution in [1.29, 1.82) is 0 Å². The molecule has 0 fully saturated rings. The molecule has 1 unspecified atom stereocenters. The molecule has 0 amide bonds. The number of carboxylic acids is 1. The van der Waals surface area contributed by atoms with Crippen molar-refractivity contribution in [1.82, 2.24) is 5.12 Å². The van der Waals surface area contributed by atoms with Gasteiger partial charge in [0.1, 0.15) is 6.67 Å². The second kappa shape index (κ2) is 12.8. The predicted molar refractivity (Wildman–Crippen MR) is 51.7 cm³/mol. The maximum absolute atomic E-state index is 11.8. The summed E-state index contributed by atoms with van der Waals surface area (Å²) in [7, 11) is 0. The first kappa shape index (κ1) is 23.9. The van der Waals surface area contributed by atoms with E-state index in [-0.39, 0.29) is 29.6 Å². The molecular formula is C8H13F8NO3. The quantitative estimate of drug-likeness (QED) is 0.338. The lowest BCUT2D eigenvalue weighted by atomic mass is 10.4. The summed E-state index contributed by atoms with van der Waals surface area (Å²) in [6.07, 6.45) is -9.05. The normalized spacial score (nSPS) is 12.2. The Hall–Kier alpha value is -1.17. The number of alkyl halides is 6. The topological polar surface area (TPSA) is 49.8 Å². The minimum absolute atomic E-state index is 0. The Bertz CT molecular complexity index is 240. The molecule has 0 rings (SSSR count). The van der Waals surface area contributed by atoms with E-state index in [4.69, 9.17) is 5.11 Å². The van der Waals surface area contributed by atoms with Crippen LogP contribution < -0.4 is 0 Å². The van der Waals surface area contributed by atoms with Crippen LogP contribution in [0.2, 0.25) is 0 Å². The van der Waals surface area contributed by atoms with Crippen molar-refractivity contribution < 1.29 is 50.2 Å².